The number of hydrogen-bond acceptors (Lipinski definition) is 3. The molecule has 1 aromatic carbocycles. The molecule has 0 atom stereocenters. The summed E-state index contributed by atoms with van der Waals surface area (Å²) in [5, 5.41) is 3.30. The number of unbranched alkanes of at least 4 members (excludes halogenated alkanes) is 2. The van der Waals surface area contributed by atoms with Crippen molar-refractivity contribution in [3.05, 3.63) is 23.2 Å². The first-order valence-electron chi connectivity index (χ1n) is 7.86. The summed E-state index contributed by atoms with van der Waals surface area (Å²) in [7, 11) is 1.53. The van der Waals surface area contributed by atoms with Gasteiger partial charge in [-0.05, 0) is 24.6 Å². The van der Waals surface area contributed by atoms with E-state index in [4.69, 9.17) is 16.3 Å². The van der Waals surface area contributed by atoms with Crippen molar-refractivity contribution >= 4 is 29.1 Å². The van der Waals surface area contributed by atoms with Gasteiger partial charge in [-0.2, -0.15) is 0 Å². The van der Waals surface area contributed by atoms with E-state index in [-0.39, 0.29) is 18.2 Å². The van der Waals surface area contributed by atoms with Gasteiger partial charge < -0.3 is 15.0 Å². The Balaban J connectivity index is 2.55. The largest absolute Gasteiger partial charge is 0.495 e. The Kier molecular flexibility index (Phi) is 8.48. The number of amides is 2. The van der Waals surface area contributed by atoms with E-state index in [1.54, 1.807) is 23.1 Å². The molecule has 1 rings (SSSR count). The molecule has 128 valence electrons. The highest BCUT2D eigenvalue weighted by Crippen LogP contribution is 2.27. The van der Waals surface area contributed by atoms with Crippen molar-refractivity contribution in [1.29, 1.82) is 0 Å². The van der Waals surface area contributed by atoms with Crippen molar-refractivity contribution in [3.63, 3.8) is 0 Å². The zero-order valence-corrected chi connectivity index (χ0v) is 14.8. The maximum absolute atomic E-state index is 12.1. The molecule has 23 heavy (non-hydrogen) atoms. The van der Waals surface area contributed by atoms with Gasteiger partial charge in [0.05, 0.1) is 12.8 Å². The van der Waals surface area contributed by atoms with Crippen molar-refractivity contribution in [2.75, 3.05) is 25.5 Å². The number of carbonyl (C=O) groups is 2. The van der Waals surface area contributed by atoms with Crippen molar-refractivity contribution in [2.45, 2.75) is 39.5 Å². The average Bonchev–Trinajstić information content (AvgIpc) is 2.50. The van der Waals surface area contributed by atoms with E-state index in [1.807, 2.05) is 0 Å². The molecule has 0 aliphatic carbocycles. The molecule has 2 amide bonds. The maximum atomic E-state index is 12.1. The van der Waals surface area contributed by atoms with Gasteiger partial charge in [-0.3, -0.25) is 9.59 Å². The van der Waals surface area contributed by atoms with E-state index in [2.05, 4.69) is 12.2 Å². The quantitative estimate of drug-likeness (QED) is 0.697. The van der Waals surface area contributed by atoms with Gasteiger partial charge in [-0.1, -0.05) is 31.4 Å². The summed E-state index contributed by atoms with van der Waals surface area (Å²) >= 11 is 5.94. The minimum absolute atomic E-state index is 0.00533. The van der Waals surface area contributed by atoms with Crippen LogP contribution in [-0.2, 0) is 9.59 Å². The molecule has 0 aromatic heterocycles. The molecule has 0 aliphatic rings. The Morgan fingerprint density at radius 3 is 2.61 bits per heavy atom. The summed E-state index contributed by atoms with van der Waals surface area (Å²) < 4.78 is 5.19. The van der Waals surface area contributed by atoms with Crippen LogP contribution in [0.25, 0.3) is 0 Å². The molecule has 1 N–H and O–H groups in total. The molecule has 0 aliphatic heterocycles. The van der Waals surface area contributed by atoms with Crippen LogP contribution in [0.15, 0.2) is 18.2 Å². The lowest BCUT2D eigenvalue weighted by atomic mass is 10.2. The summed E-state index contributed by atoms with van der Waals surface area (Å²) in [5.41, 5.74) is 0.533. The third-order valence-electron chi connectivity index (χ3n) is 3.52. The van der Waals surface area contributed by atoms with Crippen LogP contribution in [-0.4, -0.2) is 36.9 Å². The number of ether oxygens (including phenoxy) is 1. The number of halogens is 1. The first kappa shape index (κ1) is 19.3. The van der Waals surface area contributed by atoms with Gasteiger partial charge >= 0.3 is 0 Å². The molecule has 0 saturated heterocycles. The first-order valence-corrected chi connectivity index (χ1v) is 8.24. The summed E-state index contributed by atoms with van der Waals surface area (Å²) in [6, 6.07) is 5.04. The van der Waals surface area contributed by atoms with Crippen LogP contribution >= 0.6 is 11.6 Å². The van der Waals surface area contributed by atoms with Crippen LogP contribution in [0, 0.1) is 0 Å². The molecular formula is C17H25ClN2O3. The number of nitrogens with zero attached hydrogens (tertiary/aromatic N) is 1. The van der Waals surface area contributed by atoms with Gasteiger partial charge in [0.25, 0.3) is 0 Å². The van der Waals surface area contributed by atoms with Crippen LogP contribution in [0.5, 0.6) is 5.75 Å². The zero-order chi connectivity index (χ0) is 17.2. The number of anilines is 1. The second kappa shape index (κ2) is 10.1. The van der Waals surface area contributed by atoms with Gasteiger partial charge in [0.1, 0.15) is 5.75 Å². The topological polar surface area (TPSA) is 58.6 Å². The zero-order valence-electron chi connectivity index (χ0n) is 14.0. The molecular weight excluding hydrogens is 316 g/mol. The minimum atomic E-state index is -0.174. The van der Waals surface area contributed by atoms with Crippen LogP contribution in [0.4, 0.5) is 5.69 Å². The number of methoxy groups -OCH3 is 1. The Labute approximate surface area is 142 Å². The van der Waals surface area contributed by atoms with E-state index < -0.39 is 0 Å². The molecule has 0 unspecified atom stereocenters. The molecule has 0 bridgehead atoms. The maximum Gasteiger partial charge on any atom is 0.226 e. The van der Waals surface area contributed by atoms with Gasteiger partial charge in [0.2, 0.25) is 11.8 Å². The van der Waals surface area contributed by atoms with E-state index in [1.165, 1.54) is 14.0 Å². The second-order valence-corrected chi connectivity index (χ2v) is 5.79. The molecule has 0 saturated carbocycles. The van der Waals surface area contributed by atoms with Crippen molar-refractivity contribution < 1.29 is 14.3 Å². The average molecular weight is 341 g/mol. The summed E-state index contributed by atoms with van der Waals surface area (Å²) in [5.74, 6) is 0.371. The van der Waals surface area contributed by atoms with E-state index >= 15 is 0 Å². The fourth-order valence-electron chi connectivity index (χ4n) is 2.21. The fraction of sp³-hybridized carbons (Fsp3) is 0.529. The molecule has 6 heteroatoms. The Hall–Kier alpha value is -1.75. The van der Waals surface area contributed by atoms with Gasteiger partial charge in [-0.25, -0.2) is 0 Å². The Morgan fingerprint density at radius 1 is 1.26 bits per heavy atom. The molecule has 0 spiro atoms. The number of nitrogens with one attached hydrogen (secondary N) is 1. The van der Waals surface area contributed by atoms with Crippen molar-refractivity contribution in [1.82, 2.24) is 4.90 Å². The summed E-state index contributed by atoms with van der Waals surface area (Å²) in [4.78, 5) is 25.4. The van der Waals surface area contributed by atoms with E-state index in [0.717, 1.165) is 19.3 Å². The number of carbonyl (C=O) groups excluding carboxylic acids is 2. The smallest absolute Gasteiger partial charge is 0.226 e. The van der Waals surface area contributed by atoms with Gasteiger partial charge in [-0.15, -0.1) is 0 Å². The predicted molar refractivity (Wildman–Crippen MR) is 93.0 cm³/mol. The predicted octanol–water partition coefficient (Wildman–Crippen LogP) is 3.72. The highest BCUT2D eigenvalue weighted by Gasteiger charge is 2.12. The highest BCUT2D eigenvalue weighted by molar-refractivity contribution is 6.31. The SMILES string of the molecule is CCCCCN(CCC(=O)Nc1cc(Cl)ccc1OC)C(C)=O. The van der Waals surface area contributed by atoms with Crippen LogP contribution in [0.2, 0.25) is 5.02 Å². The highest BCUT2D eigenvalue weighted by atomic mass is 35.5. The van der Waals surface area contributed by atoms with Crippen LogP contribution < -0.4 is 10.1 Å². The van der Waals surface area contributed by atoms with Gasteiger partial charge in [0.15, 0.2) is 0 Å². The number of hydrogen-bond donors (Lipinski definition) is 1. The molecule has 0 fully saturated rings. The standard InChI is InChI=1S/C17H25ClN2O3/c1-4-5-6-10-20(13(2)21)11-9-17(22)19-15-12-14(18)7-8-16(15)23-3/h7-8,12H,4-6,9-11H2,1-3H3,(H,19,22). The lowest BCUT2D eigenvalue weighted by Crippen LogP contribution is -2.32. The lowest BCUT2D eigenvalue weighted by Gasteiger charge is -2.20. The lowest BCUT2D eigenvalue weighted by molar-refractivity contribution is -0.129. The first-order chi connectivity index (χ1) is 11.0. The molecule has 1 aromatic rings. The Bertz CT molecular complexity index is 535. The van der Waals surface area contributed by atoms with E-state index in [9.17, 15) is 9.59 Å². The third kappa shape index (κ3) is 6.91. The van der Waals surface area contributed by atoms with Crippen molar-refractivity contribution in [3.8, 4) is 5.75 Å². The fourth-order valence-corrected chi connectivity index (χ4v) is 2.38. The van der Waals surface area contributed by atoms with Crippen LogP contribution in [0.3, 0.4) is 0 Å². The third-order valence-corrected chi connectivity index (χ3v) is 3.76. The summed E-state index contributed by atoms with van der Waals surface area (Å²) in [6.07, 6.45) is 3.37. The second-order valence-electron chi connectivity index (χ2n) is 5.36. The normalized spacial score (nSPS) is 10.3. The monoisotopic (exact) mass is 340 g/mol. The van der Waals surface area contributed by atoms with E-state index in [0.29, 0.717) is 29.5 Å². The number of benzene rings is 1. The minimum Gasteiger partial charge on any atom is -0.495 e. The Morgan fingerprint density at radius 2 is 2.00 bits per heavy atom. The summed E-state index contributed by atoms with van der Waals surface area (Å²) in [6.45, 7) is 4.75. The molecule has 0 radical (unpaired) electrons. The number of rotatable bonds is 9. The van der Waals surface area contributed by atoms with Gasteiger partial charge in [0, 0.05) is 31.5 Å². The van der Waals surface area contributed by atoms with Crippen LogP contribution in [0.1, 0.15) is 39.5 Å². The molecule has 0 heterocycles. The van der Waals surface area contributed by atoms with Crippen molar-refractivity contribution in [2.24, 2.45) is 0 Å². The molecule has 5 nitrogen and oxygen atoms in total.